The van der Waals surface area contributed by atoms with Gasteiger partial charge in [-0.2, -0.15) is 0 Å². The molecular formula is C25H28O5. The van der Waals surface area contributed by atoms with Gasteiger partial charge < -0.3 is 9.47 Å². The van der Waals surface area contributed by atoms with E-state index in [1.165, 1.54) is 19.4 Å². The van der Waals surface area contributed by atoms with Crippen molar-refractivity contribution < 1.29 is 23.9 Å². The molecule has 0 aromatic carbocycles. The lowest BCUT2D eigenvalue weighted by molar-refractivity contribution is -0.145. The molecule has 30 heavy (non-hydrogen) atoms. The van der Waals surface area contributed by atoms with Gasteiger partial charge in [-0.05, 0) is 55.7 Å². The summed E-state index contributed by atoms with van der Waals surface area (Å²) in [7, 11) is 0. The smallest absolute Gasteiger partial charge is 0.308 e. The van der Waals surface area contributed by atoms with Gasteiger partial charge in [-0.15, -0.1) is 0 Å². The zero-order chi connectivity index (χ0) is 21.7. The van der Waals surface area contributed by atoms with E-state index in [4.69, 9.17) is 9.47 Å². The third kappa shape index (κ3) is 3.21. The van der Waals surface area contributed by atoms with Crippen molar-refractivity contribution in [1.29, 1.82) is 0 Å². The quantitative estimate of drug-likeness (QED) is 0.510. The summed E-state index contributed by atoms with van der Waals surface area (Å²) in [6.07, 6.45) is 15.1. The van der Waals surface area contributed by atoms with Crippen LogP contribution in [0.3, 0.4) is 0 Å². The van der Waals surface area contributed by atoms with E-state index in [1.54, 1.807) is 0 Å². The Hall–Kier alpha value is -2.69. The van der Waals surface area contributed by atoms with Crippen LogP contribution in [0, 0.1) is 22.7 Å². The van der Waals surface area contributed by atoms with E-state index in [1.807, 2.05) is 12.2 Å². The van der Waals surface area contributed by atoms with E-state index in [-0.39, 0.29) is 29.2 Å². The molecule has 0 heterocycles. The third-order valence-corrected chi connectivity index (χ3v) is 7.28. The van der Waals surface area contributed by atoms with Crippen LogP contribution in [-0.4, -0.2) is 24.3 Å². The maximum Gasteiger partial charge on any atom is 0.308 e. The Kier molecular flexibility index (Phi) is 4.95. The molecule has 0 unspecified atom stereocenters. The van der Waals surface area contributed by atoms with Crippen molar-refractivity contribution in [3.63, 3.8) is 0 Å². The molecule has 0 bridgehead atoms. The first kappa shape index (κ1) is 20.6. The zero-order valence-electron chi connectivity index (χ0n) is 18.0. The minimum atomic E-state index is -0.433. The highest BCUT2D eigenvalue weighted by atomic mass is 16.5. The van der Waals surface area contributed by atoms with Gasteiger partial charge in [0.1, 0.15) is 5.76 Å². The van der Waals surface area contributed by atoms with Crippen LogP contribution in [0.1, 0.15) is 47.0 Å². The topological polar surface area (TPSA) is 69.7 Å². The summed E-state index contributed by atoms with van der Waals surface area (Å²) in [4.78, 5) is 35.2. The third-order valence-electron chi connectivity index (χ3n) is 7.28. The largest absolute Gasteiger partial charge is 0.457 e. The lowest BCUT2D eigenvalue weighted by Crippen LogP contribution is -2.42. The number of esters is 2. The normalized spacial score (nSPS) is 33.7. The number of carbonyl (C=O) groups excluding carboxylic acids is 3. The molecule has 0 spiro atoms. The monoisotopic (exact) mass is 408 g/mol. The maximum absolute atomic E-state index is 12.7. The molecule has 0 N–H and O–H groups in total. The molecule has 0 saturated heterocycles. The Labute approximate surface area is 177 Å². The van der Waals surface area contributed by atoms with Crippen molar-refractivity contribution in [3.8, 4) is 0 Å². The summed E-state index contributed by atoms with van der Waals surface area (Å²) >= 11 is 0. The molecule has 0 aromatic heterocycles. The highest BCUT2D eigenvalue weighted by Crippen LogP contribution is 2.61. The molecule has 5 nitrogen and oxygen atoms in total. The fraction of sp³-hybridized carbons (Fsp3) is 0.480. The molecule has 4 atom stereocenters. The van der Waals surface area contributed by atoms with Crippen LogP contribution in [0.2, 0.25) is 0 Å². The fourth-order valence-electron chi connectivity index (χ4n) is 5.78. The van der Waals surface area contributed by atoms with Gasteiger partial charge in [-0.1, -0.05) is 36.8 Å². The van der Waals surface area contributed by atoms with Crippen LogP contribution < -0.4 is 0 Å². The summed E-state index contributed by atoms with van der Waals surface area (Å²) in [5.74, 6) is 0.428. The van der Waals surface area contributed by atoms with Crippen LogP contribution in [0.4, 0.5) is 0 Å². The molecule has 0 fully saturated rings. The van der Waals surface area contributed by atoms with Crippen molar-refractivity contribution in [3.05, 3.63) is 58.9 Å². The number of ether oxygens (including phenoxy) is 2. The van der Waals surface area contributed by atoms with E-state index < -0.39 is 5.97 Å². The van der Waals surface area contributed by atoms with Crippen LogP contribution in [0.15, 0.2) is 58.9 Å². The summed E-state index contributed by atoms with van der Waals surface area (Å²) in [6.45, 7) is 6.94. The maximum atomic E-state index is 12.7. The highest BCUT2D eigenvalue weighted by Gasteiger charge is 2.53. The Morgan fingerprint density at radius 3 is 2.53 bits per heavy atom. The lowest BCUT2D eigenvalue weighted by Gasteiger charge is -2.50. The Morgan fingerprint density at radius 1 is 1.07 bits per heavy atom. The van der Waals surface area contributed by atoms with Crippen LogP contribution >= 0.6 is 0 Å². The van der Waals surface area contributed by atoms with Gasteiger partial charge >= 0.3 is 11.9 Å². The Balaban J connectivity index is 1.60. The standard InChI is InChI=1S/C25H28O5/c1-15(26)29-14-23(28)22-8-7-20-19-6-5-17-13-18(30-16(2)27)9-11-24(17,3)21(19)10-12-25(20,22)4/h5,8-11,13,19-20H,6-7,12,14H2,1-4H3/t19-,20-,24-,25-/m0/s1. The predicted molar refractivity (Wildman–Crippen MR) is 112 cm³/mol. The number of carbonyl (C=O) groups is 3. The van der Waals surface area contributed by atoms with Crippen LogP contribution in [0.25, 0.3) is 0 Å². The molecule has 0 aromatic rings. The molecule has 4 rings (SSSR count). The van der Waals surface area contributed by atoms with Crippen molar-refractivity contribution in [2.24, 2.45) is 22.7 Å². The van der Waals surface area contributed by atoms with Gasteiger partial charge in [0.25, 0.3) is 0 Å². The van der Waals surface area contributed by atoms with E-state index in [0.717, 1.165) is 30.4 Å². The minimum Gasteiger partial charge on any atom is -0.457 e. The number of fused-ring (bicyclic) bond motifs is 5. The van der Waals surface area contributed by atoms with E-state index >= 15 is 0 Å². The van der Waals surface area contributed by atoms with Gasteiger partial charge in [0.15, 0.2) is 12.4 Å². The first-order chi connectivity index (χ1) is 14.1. The number of hydrogen-bond donors (Lipinski definition) is 0. The lowest BCUT2D eigenvalue weighted by atomic mass is 9.53. The molecule has 158 valence electrons. The number of hydrogen-bond acceptors (Lipinski definition) is 5. The van der Waals surface area contributed by atoms with Gasteiger partial charge in [-0.25, -0.2) is 0 Å². The second-order valence-corrected chi connectivity index (χ2v) is 9.12. The average molecular weight is 408 g/mol. The van der Waals surface area contributed by atoms with E-state index in [0.29, 0.717) is 17.6 Å². The van der Waals surface area contributed by atoms with Gasteiger partial charge in [0.2, 0.25) is 0 Å². The predicted octanol–water partition coefficient (Wildman–Crippen LogP) is 4.37. The van der Waals surface area contributed by atoms with Gasteiger partial charge in [0.05, 0.1) is 0 Å². The number of Topliss-reactive ketones (excluding diaryl/α,β-unsaturated/α-hetero) is 1. The molecule has 0 aliphatic heterocycles. The second-order valence-electron chi connectivity index (χ2n) is 9.12. The van der Waals surface area contributed by atoms with E-state index in [2.05, 4.69) is 38.2 Å². The van der Waals surface area contributed by atoms with Crippen LogP contribution in [-0.2, 0) is 23.9 Å². The molecule has 0 radical (unpaired) electrons. The Bertz CT molecular complexity index is 975. The van der Waals surface area contributed by atoms with Crippen molar-refractivity contribution in [1.82, 2.24) is 0 Å². The number of rotatable bonds is 4. The molecular weight excluding hydrogens is 380 g/mol. The zero-order valence-corrected chi connectivity index (χ0v) is 18.0. The number of ketones is 1. The van der Waals surface area contributed by atoms with Gasteiger partial charge in [0, 0.05) is 30.3 Å². The molecule has 5 heteroatoms. The fourth-order valence-corrected chi connectivity index (χ4v) is 5.78. The molecule has 0 saturated carbocycles. The first-order valence-electron chi connectivity index (χ1n) is 10.5. The average Bonchev–Trinajstić information content (AvgIpc) is 3.03. The molecule has 4 aliphatic carbocycles. The molecule has 4 aliphatic rings. The van der Waals surface area contributed by atoms with E-state index in [9.17, 15) is 14.4 Å². The second kappa shape index (κ2) is 7.22. The summed E-state index contributed by atoms with van der Waals surface area (Å²) in [6, 6.07) is 0. The van der Waals surface area contributed by atoms with Crippen molar-refractivity contribution >= 4 is 17.7 Å². The summed E-state index contributed by atoms with van der Waals surface area (Å²) in [5.41, 5.74) is 2.89. The highest BCUT2D eigenvalue weighted by molar-refractivity contribution is 5.99. The van der Waals surface area contributed by atoms with Crippen LogP contribution in [0.5, 0.6) is 0 Å². The number of allylic oxidation sites excluding steroid dienone is 8. The van der Waals surface area contributed by atoms with Gasteiger partial charge in [-0.3, -0.25) is 14.4 Å². The molecule has 0 amide bonds. The minimum absolute atomic E-state index is 0.0863. The van der Waals surface area contributed by atoms with Crippen molar-refractivity contribution in [2.75, 3.05) is 6.61 Å². The Morgan fingerprint density at radius 2 is 1.83 bits per heavy atom. The summed E-state index contributed by atoms with van der Waals surface area (Å²) < 4.78 is 10.2. The van der Waals surface area contributed by atoms with Crippen molar-refractivity contribution in [2.45, 2.75) is 47.0 Å². The first-order valence-corrected chi connectivity index (χ1v) is 10.5. The SMILES string of the molecule is CC(=O)OCC(=O)C1=CC[C@H]2[C@@H]3CC=C4C=C(OC(C)=O)C=C[C@]4(C)C3=CC[C@]12C. The summed E-state index contributed by atoms with van der Waals surface area (Å²) in [5, 5.41) is 0.